The van der Waals surface area contributed by atoms with Gasteiger partial charge in [-0.2, -0.15) is 0 Å². The molecule has 2 atom stereocenters. The van der Waals surface area contributed by atoms with Crippen LogP contribution in [0.15, 0.2) is 48.5 Å². The van der Waals surface area contributed by atoms with Gasteiger partial charge in [-0.3, -0.25) is 0 Å². The predicted molar refractivity (Wildman–Crippen MR) is 238 cm³/mol. The van der Waals surface area contributed by atoms with Gasteiger partial charge in [-0.25, -0.2) is 0 Å². The van der Waals surface area contributed by atoms with Gasteiger partial charge in [0, 0.05) is 0 Å². The van der Waals surface area contributed by atoms with E-state index in [1.54, 1.807) is 0 Å². The van der Waals surface area contributed by atoms with Crippen LogP contribution < -0.4 is 0 Å². The maximum absolute atomic E-state index is 7.81. The Labute approximate surface area is 341 Å². The number of rotatable bonds is 20. The van der Waals surface area contributed by atoms with E-state index in [2.05, 4.69) is 76.2 Å². The molecule has 308 valence electrons. The molecule has 2 aromatic rings. The Morgan fingerprint density at radius 2 is 0.709 bits per heavy atom. The molecule has 0 N–H and O–H groups in total. The maximum Gasteiger partial charge on any atom is 0.0861 e. The molecule has 0 radical (unpaired) electrons. The Balaban J connectivity index is 1.16. The SMILES string of the molecule is CCCCc1ccc(C(OC(c2ccc(CCCC)cc2)C2CCC(C3CCC(CCCC)CC3)CC2)C2CCC(C3CCC(CCCC)CC3)CC2)cc1. The molecule has 0 heterocycles. The number of hydrogen-bond donors (Lipinski definition) is 0. The average Bonchev–Trinajstić information content (AvgIpc) is 3.25. The fourth-order valence-electron chi connectivity index (χ4n) is 12.3. The highest BCUT2D eigenvalue weighted by Crippen LogP contribution is 2.50. The standard InChI is InChI=1S/C54H86O/c1-5-9-13-41-17-25-45(26-18-41)47-33-37-51(38-34-47)53(49-29-21-43(22-30-49)15-11-7-3)55-54(50-31-23-44(24-32-50)16-12-8-4)52-39-35-48(36-40-52)46-27-19-42(20-28-46)14-10-6-2/h21-24,29-32,41-42,45-48,51-54H,5-20,25-28,33-40H2,1-4H3. The van der Waals surface area contributed by atoms with Crippen molar-refractivity contribution in [2.75, 3.05) is 0 Å². The molecule has 4 saturated carbocycles. The van der Waals surface area contributed by atoms with E-state index in [9.17, 15) is 0 Å². The number of ether oxygens (including phenoxy) is 1. The molecule has 2 aromatic carbocycles. The van der Waals surface area contributed by atoms with Gasteiger partial charge in [0.1, 0.15) is 0 Å². The van der Waals surface area contributed by atoms with E-state index in [0.29, 0.717) is 11.8 Å². The van der Waals surface area contributed by atoms with Crippen molar-refractivity contribution in [3.05, 3.63) is 70.8 Å². The predicted octanol–water partition coefficient (Wildman–Crippen LogP) is 16.8. The summed E-state index contributed by atoms with van der Waals surface area (Å²) in [7, 11) is 0. The van der Waals surface area contributed by atoms with Gasteiger partial charge in [0.25, 0.3) is 0 Å². The van der Waals surface area contributed by atoms with E-state index < -0.39 is 0 Å². The van der Waals surface area contributed by atoms with Crippen LogP contribution in [0.5, 0.6) is 0 Å². The second-order valence-corrected chi connectivity index (χ2v) is 19.9. The van der Waals surface area contributed by atoms with Crippen molar-refractivity contribution in [2.45, 2.75) is 220 Å². The summed E-state index contributed by atoms with van der Waals surface area (Å²) in [5, 5.41) is 0. The van der Waals surface area contributed by atoms with Crippen LogP contribution in [0.2, 0.25) is 0 Å². The summed E-state index contributed by atoms with van der Waals surface area (Å²) in [6.07, 6.45) is 39.5. The van der Waals surface area contributed by atoms with Gasteiger partial charge in [-0.15, -0.1) is 0 Å². The van der Waals surface area contributed by atoms with E-state index in [1.165, 1.54) is 202 Å². The molecule has 2 unspecified atom stereocenters. The monoisotopic (exact) mass is 751 g/mol. The first-order chi connectivity index (χ1) is 27.1. The highest BCUT2D eigenvalue weighted by molar-refractivity contribution is 5.28. The number of aryl methyl sites for hydroxylation is 2. The fourth-order valence-corrected chi connectivity index (χ4v) is 12.3. The Kier molecular flexibility index (Phi) is 18.1. The topological polar surface area (TPSA) is 9.23 Å². The summed E-state index contributed by atoms with van der Waals surface area (Å²) in [5.74, 6) is 7.15. The maximum atomic E-state index is 7.81. The molecule has 0 aliphatic heterocycles. The van der Waals surface area contributed by atoms with Crippen molar-refractivity contribution in [1.82, 2.24) is 0 Å². The summed E-state index contributed by atoms with van der Waals surface area (Å²) in [5.41, 5.74) is 5.91. The third-order valence-electron chi connectivity index (χ3n) is 16.1. The molecule has 0 amide bonds. The molecule has 0 bridgehead atoms. The van der Waals surface area contributed by atoms with Crippen molar-refractivity contribution in [1.29, 1.82) is 0 Å². The molecule has 0 aromatic heterocycles. The van der Waals surface area contributed by atoms with Crippen LogP contribution in [0.1, 0.15) is 229 Å². The summed E-state index contributed by atoms with van der Waals surface area (Å²) >= 11 is 0. The van der Waals surface area contributed by atoms with Gasteiger partial charge in [0.2, 0.25) is 0 Å². The lowest BCUT2D eigenvalue weighted by molar-refractivity contribution is -0.0934. The Bertz CT molecular complexity index is 1180. The fraction of sp³-hybridized carbons (Fsp3) is 0.778. The summed E-state index contributed by atoms with van der Waals surface area (Å²) in [6.45, 7) is 9.35. The van der Waals surface area contributed by atoms with Crippen LogP contribution in [0.3, 0.4) is 0 Å². The summed E-state index contributed by atoms with van der Waals surface area (Å²) in [6, 6.07) is 19.7. The van der Waals surface area contributed by atoms with Gasteiger partial charge >= 0.3 is 0 Å². The van der Waals surface area contributed by atoms with Crippen LogP contribution in [-0.4, -0.2) is 0 Å². The highest BCUT2D eigenvalue weighted by atomic mass is 16.5. The molecular weight excluding hydrogens is 665 g/mol. The lowest BCUT2D eigenvalue weighted by Gasteiger charge is -2.43. The molecular formula is C54H86O. The summed E-state index contributed by atoms with van der Waals surface area (Å²) in [4.78, 5) is 0. The second-order valence-electron chi connectivity index (χ2n) is 19.9. The van der Waals surface area contributed by atoms with Crippen LogP contribution in [0.4, 0.5) is 0 Å². The van der Waals surface area contributed by atoms with Crippen molar-refractivity contribution >= 4 is 0 Å². The summed E-state index contributed by atoms with van der Waals surface area (Å²) < 4.78 is 7.81. The molecule has 6 rings (SSSR count). The highest BCUT2D eigenvalue weighted by Gasteiger charge is 2.39. The van der Waals surface area contributed by atoms with Crippen molar-refractivity contribution in [3.8, 4) is 0 Å². The van der Waals surface area contributed by atoms with E-state index in [4.69, 9.17) is 4.74 Å². The lowest BCUT2D eigenvalue weighted by Crippen LogP contribution is -2.31. The lowest BCUT2D eigenvalue weighted by atomic mass is 9.67. The molecule has 55 heavy (non-hydrogen) atoms. The quantitative estimate of drug-likeness (QED) is 0.131. The molecule has 1 heteroatoms. The van der Waals surface area contributed by atoms with Crippen molar-refractivity contribution in [3.63, 3.8) is 0 Å². The van der Waals surface area contributed by atoms with Crippen molar-refractivity contribution < 1.29 is 4.74 Å². The zero-order valence-corrected chi connectivity index (χ0v) is 36.6. The molecule has 4 fully saturated rings. The van der Waals surface area contributed by atoms with Gasteiger partial charge in [-0.1, -0.05) is 153 Å². The van der Waals surface area contributed by atoms with E-state index in [0.717, 1.165) is 35.5 Å². The van der Waals surface area contributed by atoms with Gasteiger partial charge in [0.15, 0.2) is 0 Å². The molecule has 0 spiro atoms. The molecule has 4 aliphatic rings. The third-order valence-corrected chi connectivity index (χ3v) is 16.1. The van der Waals surface area contributed by atoms with Crippen LogP contribution in [0.25, 0.3) is 0 Å². The zero-order chi connectivity index (χ0) is 38.2. The van der Waals surface area contributed by atoms with Crippen LogP contribution in [-0.2, 0) is 17.6 Å². The minimum atomic E-state index is 0.201. The smallest absolute Gasteiger partial charge is 0.0861 e. The van der Waals surface area contributed by atoms with Crippen LogP contribution >= 0.6 is 0 Å². The van der Waals surface area contributed by atoms with Gasteiger partial charge in [0.05, 0.1) is 12.2 Å². The number of unbranched alkanes of at least 4 members (excludes halogenated alkanes) is 4. The largest absolute Gasteiger partial charge is 0.365 e. The van der Waals surface area contributed by atoms with Crippen molar-refractivity contribution in [2.24, 2.45) is 47.3 Å². The van der Waals surface area contributed by atoms with Gasteiger partial charge < -0.3 is 4.74 Å². The normalized spacial score (nSPS) is 30.2. The Hall–Kier alpha value is -1.60. The van der Waals surface area contributed by atoms with E-state index in [-0.39, 0.29) is 12.2 Å². The minimum Gasteiger partial charge on any atom is -0.365 e. The average molecular weight is 751 g/mol. The number of benzene rings is 2. The zero-order valence-electron chi connectivity index (χ0n) is 36.6. The molecule has 1 nitrogen and oxygen atoms in total. The van der Waals surface area contributed by atoms with E-state index >= 15 is 0 Å². The minimum absolute atomic E-state index is 0.201. The Morgan fingerprint density at radius 3 is 1.02 bits per heavy atom. The Morgan fingerprint density at radius 1 is 0.400 bits per heavy atom. The first-order valence-electron chi connectivity index (χ1n) is 24.9. The third kappa shape index (κ3) is 12.7. The molecule has 0 saturated heterocycles. The molecule has 4 aliphatic carbocycles. The van der Waals surface area contributed by atoms with Gasteiger partial charge in [-0.05, 0) is 172 Å². The van der Waals surface area contributed by atoms with E-state index in [1.807, 2.05) is 0 Å². The second kappa shape index (κ2) is 23.1. The first-order valence-corrected chi connectivity index (χ1v) is 24.9. The first kappa shape index (κ1) is 43.0. The van der Waals surface area contributed by atoms with Crippen LogP contribution in [0, 0.1) is 47.3 Å². The number of hydrogen-bond acceptors (Lipinski definition) is 1.